The molecule has 10 N–H and O–H groups in total. The predicted octanol–water partition coefficient (Wildman–Crippen LogP) is -6.38. The van der Waals surface area contributed by atoms with Crippen molar-refractivity contribution in [3.8, 4) is 0 Å². The summed E-state index contributed by atoms with van der Waals surface area (Å²) in [5.74, 6) is 4.01. The third-order valence-corrected chi connectivity index (χ3v) is 4.52. The number of ether oxygens (including phenoxy) is 3. The number of rotatable bonds is 7. The molecule has 5 unspecified atom stereocenters. The molecule has 2 rings (SSSR count). The Kier molecular flexibility index (Phi) is 8.44. The summed E-state index contributed by atoms with van der Waals surface area (Å²) in [7, 11) is 0. The topological polar surface area (TPSA) is 234 Å². The minimum Gasteiger partial charge on any atom is -0.394 e. The van der Waals surface area contributed by atoms with Crippen LogP contribution >= 0.6 is 0 Å². The maximum Gasteiger partial charge on any atom is 0.250 e. The second-order valence-electron chi connectivity index (χ2n) is 6.44. The first-order valence-corrected chi connectivity index (χ1v) is 8.44. The Labute approximate surface area is 158 Å². The van der Waals surface area contributed by atoms with E-state index in [2.05, 4.69) is 10.2 Å². The predicted molar refractivity (Wildman–Crippen MR) is 84.7 cm³/mol. The van der Waals surface area contributed by atoms with Crippen LogP contribution in [-0.2, 0) is 23.8 Å². The Morgan fingerprint density at radius 2 is 1.54 bits per heavy atom. The highest BCUT2D eigenvalue weighted by molar-refractivity contribution is 5.77. The van der Waals surface area contributed by atoms with Crippen LogP contribution in [0.25, 0.3) is 0 Å². The van der Waals surface area contributed by atoms with Gasteiger partial charge in [-0.15, -0.1) is 0 Å². The summed E-state index contributed by atoms with van der Waals surface area (Å²) in [4.78, 5) is 15.7. The van der Waals surface area contributed by atoms with Crippen LogP contribution in [0.3, 0.4) is 0 Å². The fraction of sp³-hybridized carbons (Fsp3) is 0.929. The van der Waals surface area contributed by atoms with Crippen LogP contribution in [0.15, 0.2) is 0 Å². The molecule has 0 bridgehead atoms. The van der Waals surface area contributed by atoms with Gasteiger partial charge in [0.2, 0.25) is 5.91 Å². The Hall–Kier alpha value is -1.01. The van der Waals surface area contributed by atoms with Gasteiger partial charge in [0, 0.05) is 0 Å². The van der Waals surface area contributed by atoms with Crippen molar-refractivity contribution in [1.29, 1.82) is 0 Å². The summed E-state index contributed by atoms with van der Waals surface area (Å²) in [5.41, 5.74) is 0. The van der Waals surface area contributed by atoms with Gasteiger partial charge in [-0.05, 0) is 0 Å². The number of nitrogens with two attached hydrogens (primary N) is 1. The lowest BCUT2D eigenvalue weighted by Crippen LogP contribution is -2.66. The van der Waals surface area contributed by atoms with Gasteiger partial charge >= 0.3 is 0 Å². The molecule has 28 heavy (non-hydrogen) atoms. The monoisotopic (exact) mass is 414 g/mol. The van der Waals surface area contributed by atoms with Gasteiger partial charge in [0.15, 0.2) is 12.5 Å². The van der Waals surface area contributed by atoms with Gasteiger partial charge in [0.1, 0.15) is 55.4 Å². The van der Waals surface area contributed by atoms with Crippen molar-refractivity contribution in [2.24, 2.45) is 5.90 Å². The van der Waals surface area contributed by atoms with Crippen LogP contribution in [-0.4, -0.2) is 123 Å². The SMILES string of the molecule is NOCC(=O)N[C@@H]1OC(CO)[C@H](O[C@@H]2OC(CO)[C@H](O)C(O)[C@H]2O)C(O)C1O. The molecule has 14 nitrogen and oxygen atoms in total. The Balaban J connectivity index is 2.09. The van der Waals surface area contributed by atoms with Crippen molar-refractivity contribution in [3.05, 3.63) is 0 Å². The first-order valence-electron chi connectivity index (χ1n) is 8.44. The van der Waals surface area contributed by atoms with Gasteiger partial charge in [-0.2, -0.15) is 0 Å². The normalized spacial score (nSPS) is 44.3. The quantitative estimate of drug-likeness (QED) is 0.177. The number of hydrogen-bond donors (Lipinski definition) is 9. The third-order valence-electron chi connectivity index (χ3n) is 4.52. The van der Waals surface area contributed by atoms with E-state index in [1.54, 1.807) is 0 Å². The lowest BCUT2D eigenvalue weighted by molar-refractivity contribution is -0.343. The number of aliphatic hydroxyl groups excluding tert-OH is 7. The molecule has 0 aromatic rings. The molecule has 0 aromatic carbocycles. The summed E-state index contributed by atoms with van der Waals surface area (Å²) >= 11 is 0. The molecule has 2 aliphatic rings. The number of carbonyl (C=O) groups is 1. The standard InChI is InChI=1S/C14H26N2O12/c15-25-3-6(19)16-13-10(23)9(22)12(5(2-18)26-13)28-14-11(24)8(21)7(20)4(1-17)27-14/h4-5,7-14,17-18,20-24H,1-3,15H2,(H,16,19)/t4?,5?,7-,8?,9?,10?,11+,12-,13+,14-/m0/s1. The smallest absolute Gasteiger partial charge is 0.250 e. The van der Waals surface area contributed by atoms with Crippen molar-refractivity contribution in [2.45, 2.75) is 61.3 Å². The van der Waals surface area contributed by atoms with E-state index in [0.29, 0.717) is 0 Å². The fourth-order valence-corrected chi connectivity index (χ4v) is 2.98. The molecule has 1 amide bonds. The fourth-order valence-electron chi connectivity index (χ4n) is 2.98. The number of aliphatic hydroxyl groups is 7. The number of amides is 1. The van der Waals surface area contributed by atoms with Gasteiger partial charge in [-0.3, -0.25) is 9.63 Å². The van der Waals surface area contributed by atoms with E-state index in [9.17, 15) is 40.5 Å². The van der Waals surface area contributed by atoms with Gasteiger partial charge in [0.05, 0.1) is 13.2 Å². The zero-order valence-corrected chi connectivity index (χ0v) is 14.6. The van der Waals surface area contributed by atoms with E-state index < -0.39 is 87.1 Å². The number of carbonyl (C=O) groups excluding carboxylic acids is 1. The summed E-state index contributed by atoms with van der Waals surface area (Å²) in [5, 5.41) is 71.0. The maximum atomic E-state index is 11.5. The summed E-state index contributed by atoms with van der Waals surface area (Å²) in [6, 6.07) is 0. The number of nitrogens with one attached hydrogen (secondary N) is 1. The minimum absolute atomic E-state index is 0.544. The van der Waals surface area contributed by atoms with Crippen molar-refractivity contribution in [3.63, 3.8) is 0 Å². The number of hydrogen-bond acceptors (Lipinski definition) is 13. The lowest BCUT2D eigenvalue weighted by atomic mass is 9.96. The van der Waals surface area contributed by atoms with Crippen molar-refractivity contribution in [2.75, 3.05) is 19.8 Å². The molecule has 0 spiro atoms. The van der Waals surface area contributed by atoms with E-state index in [1.807, 2.05) is 0 Å². The van der Waals surface area contributed by atoms with Crippen molar-refractivity contribution in [1.82, 2.24) is 5.32 Å². The maximum absolute atomic E-state index is 11.5. The molecular formula is C14H26N2O12. The van der Waals surface area contributed by atoms with Gasteiger partial charge in [0.25, 0.3) is 0 Å². The average molecular weight is 414 g/mol. The van der Waals surface area contributed by atoms with Crippen LogP contribution in [0.5, 0.6) is 0 Å². The molecular weight excluding hydrogens is 388 g/mol. The molecule has 2 fully saturated rings. The van der Waals surface area contributed by atoms with Gasteiger partial charge < -0.3 is 55.3 Å². The van der Waals surface area contributed by atoms with Crippen LogP contribution in [0.1, 0.15) is 0 Å². The molecule has 164 valence electrons. The molecule has 2 heterocycles. The molecule has 10 atom stereocenters. The van der Waals surface area contributed by atoms with E-state index >= 15 is 0 Å². The zero-order chi connectivity index (χ0) is 21.0. The molecule has 0 radical (unpaired) electrons. The van der Waals surface area contributed by atoms with Crippen LogP contribution < -0.4 is 11.2 Å². The molecule has 2 saturated heterocycles. The van der Waals surface area contributed by atoms with Crippen LogP contribution in [0.4, 0.5) is 0 Å². The summed E-state index contributed by atoms with van der Waals surface area (Å²) in [6.07, 6.45) is -15.6. The average Bonchev–Trinajstić information content (AvgIpc) is 2.67. The first kappa shape index (κ1) is 23.3. The van der Waals surface area contributed by atoms with E-state index in [1.165, 1.54) is 0 Å². The van der Waals surface area contributed by atoms with Crippen molar-refractivity contribution < 1.29 is 59.6 Å². The zero-order valence-electron chi connectivity index (χ0n) is 14.6. The Morgan fingerprint density at radius 3 is 2.11 bits per heavy atom. The summed E-state index contributed by atoms with van der Waals surface area (Å²) < 4.78 is 15.9. The van der Waals surface area contributed by atoms with E-state index in [0.717, 1.165) is 0 Å². The summed E-state index contributed by atoms with van der Waals surface area (Å²) in [6.45, 7) is -1.96. The van der Waals surface area contributed by atoms with E-state index in [-0.39, 0.29) is 0 Å². The highest BCUT2D eigenvalue weighted by Gasteiger charge is 2.50. The Bertz CT molecular complexity index is 509. The molecule has 0 aromatic heterocycles. The molecule has 0 aliphatic carbocycles. The minimum atomic E-state index is -1.76. The van der Waals surface area contributed by atoms with Gasteiger partial charge in [-0.25, -0.2) is 5.90 Å². The molecule has 2 aliphatic heterocycles. The highest BCUT2D eigenvalue weighted by Crippen LogP contribution is 2.28. The first-order chi connectivity index (χ1) is 13.2. The second-order valence-corrected chi connectivity index (χ2v) is 6.44. The lowest BCUT2D eigenvalue weighted by Gasteiger charge is -2.46. The molecule has 14 heteroatoms. The van der Waals surface area contributed by atoms with Crippen LogP contribution in [0, 0.1) is 0 Å². The largest absolute Gasteiger partial charge is 0.394 e. The van der Waals surface area contributed by atoms with Crippen LogP contribution in [0.2, 0.25) is 0 Å². The second kappa shape index (κ2) is 10.1. The molecule has 0 saturated carbocycles. The highest BCUT2D eigenvalue weighted by atomic mass is 16.7. The van der Waals surface area contributed by atoms with Gasteiger partial charge in [-0.1, -0.05) is 0 Å². The third kappa shape index (κ3) is 4.93. The van der Waals surface area contributed by atoms with Crippen molar-refractivity contribution >= 4 is 5.91 Å². The Morgan fingerprint density at radius 1 is 0.893 bits per heavy atom. The van der Waals surface area contributed by atoms with E-state index in [4.69, 9.17) is 20.1 Å².